The number of nitrogens with one attached hydrogen (secondary N) is 1. The number of aliphatic hydroxyl groups excluding tert-OH is 1. The Labute approximate surface area is 151 Å². The topological polar surface area (TPSA) is 84.6 Å². The van der Waals surface area contributed by atoms with Crippen LogP contribution in [0.15, 0.2) is 28.7 Å². The summed E-state index contributed by atoms with van der Waals surface area (Å²) in [6.07, 6.45) is 0.677. The van der Waals surface area contributed by atoms with E-state index < -0.39 is 11.7 Å². The molecule has 136 valence electrons. The molecular weight excluding hydrogens is 340 g/mol. The number of thioether (sulfide) groups is 1. The SMILES string of the molecule is CC(C)(C)OC(=O)NCCCC1SC1C(O)c1nc2ccccc2o1. The number of ether oxygens (including phenoxy) is 1. The van der Waals surface area contributed by atoms with Crippen LogP contribution < -0.4 is 5.32 Å². The van der Waals surface area contributed by atoms with Gasteiger partial charge >= 0.3 is 6.09 Å². The molecule has 2 N–H and O–H groups in total. The van der Waals surface area contributed by atoms with E-state index in [9.17, 15) is 9.90 Å². The zero-order chi connectivity index (χ0) is 18.0. The number of alkyl carbamates (subject to hydrolysis) is 1. The second kappa shape index (κ2) is 7.25. The van der Waals surface area contributed by atoms with Gasteiger partial charge in [-0.3, -0.25) is 0 Å². The highest BCUT2D eigenvalue weighted by molar-refractivity contribution is 8.07. The zero-order valence-corrected chi connectivity index (χ0v) is 15.5. The number of hydrogen-bond donors (Lipinski definition) is 2. The Hall–Kier alpha value is -1.73. The van der Waals surface area contributed by atoms with Crippen LogP contribution in [-0.2, 0) is 4.74 Å². The minimum atomic E-state index is -0.693. The summed E-state index contributed by atoms with van der Waals surface area (Å²) in [4.78, 5) is 15.9. The fourth-order valence-electron chi connectivity index (χ4n) is 2.63. The zero-order valence-electron chi connectivity index (χ0n) is 14.7. The van der Waals surface area contributed by atoms with Crippen LogP contribution in [0.1, 0.15) is 45.6 Å². The number of aliphatic hydroxyl groups is 1. The van der Waals surface area contributed by atoms with Crippen LogP contribution >= 0.6 is 11.8 Å². The van der Waals surface area contributed by atoms with Gasteiger partial charge in [0.15, 0.2) is 5.58 Å². The normalized spacial score (nSPS) is 21.1. The van der Waals surface area contributed by atoms with Gasteiger partial charge in [0.2, 0.25) is 5.89 Å². The number of fused-ring (bicyclic) bond motifs is 1. The van der Waals surface area contributed by atoms with Crippen LogP contribution in [0.25, 0.3) is 11.1 Å². The number of carbonyl (C=O) groups excluding carboxylic acids is 1. The summed E-state index contributed by atoms with van der Waals surface area (Å²) in [7, 11) is 0. The molecule has 3 atom stereocenters. The van der Waals surface area contributed by atoms with Crippen LogP contribution in [0.5, 0.6) is 0 Å². The van der Waals surface area contributed by atoms with E-state index in [2.05, 4.69) is 10.3 Å². The number of amides is 1. The summed E-state index contributed by atoms with van der Waals surface area (Å²) in [5.41, 5.74) is 0.978. The largest absolute Gasteiger partial charge is 0.444 e. The first-order chi connectivity index (χ1) is 11.8. The molecule has 2 aromatic rings. The van der Waals surface area contributed by atoms with Crippen molar-refractivity contribution in [3.05, 3.63) is 30.2 Å². The molecule has 0 aliphatic carbocycles. The Morgan fingerprint density at radius 2 is 2.20 bits per heavy atom. The fourth-order valence-corrected chi connectivity index (χ4v) is 3.80. The third-order valence-corrected chi connectivity index (χ3v) is 5.29. The molecule has 0 saturated carbocycles. The van der Waals surface area contributed by atoms with Crippen LogP contribution in [0.4, 0.5) is 4.79 Å². The van der Waals surface area contributed by atoms with E-state index >= 15 is 0 Å². The van der Waals surface area contributed by atoms with Crippen LogP contribution in [0, 0.1) is 0 Å². The van der Waals surface area contributed by atoms with E-state index in [0.717, 1.165) is 18.4 Å². The Bertz CT molecular complexity index is 707. The Balaban J connectivity index is 1.40. The maximum absolute atomic E-state index is 11.6. The van der Waals surface area contributed by atoms with Gasteiger partial charge in [-0.15, -0.1) is 11.8 Å². The highest BCUT2D eigenvalue weighted by atomic mass is 32.2. The van der Waals surface area contributed by atoms with Crippen molar-refractivity contribution >= 4 is 29.0 Å². The first-order valence-electron chi connectivity index (χ1n) is 8.49. The number of para-hydroxylation sites is 2. The third-order valence-electron chi connectivity index (χ3n) is 3.83. The standard InChI is InChI=1S/C18H24N2O4S/c1-18(2,3)24-17(22)19-10-6-9-13-15(25-13)14(21)16-20-11-7-4-5-8-12(11)23-16/h4-5,7-8,13-15,21H,6,9-10H2,1-3H3,(H,19,22). The van der Waals surface area contributed by atoms with Gasteiger partial charge in [-0.25, -0.2) is 9.78 Å². The average molecular weight is 364 g/mol. The van der Waals surface area contributed by atoms with Crippen molar-refractivity contribution in [3.63, 3.8) is 0 Å². The molecule has 6 nitrogen and oxygen atoms in total. The Morgan fingerprint density at radius 3 is 2.92 bits per heavy atom. The number of nitrogens with zero attached hydrogens (tertiary/aromatic N) is 1. The molecule has 1 aliphatic rings. The third kappa shape index (κ3) is 4.89. The predicted octanol–water partition coefficient (Wildman–Crippen LogP) is 3.65. The van der Waals surface area contributed by atoms with Crippen molar-refractivity contribution in [2.24, 2.45) is 0 Å². The molecular formula is C18H24N2O4S. The first-order valence-corrected chi connectivity index (χ1v) is 9.43. The van der Waals surface area contributed by atoms with Crippen molar-refractivity contribution in [2.45, 2.75) is 55.8 Å². The van der Waals surface area contributed by atoms with Gasteiger partial charge in [-0.2, -0.15) is 0 Å². The van der Waals surface area contributed by atoms with Crippen molar-refractivity contribution in [2.75, 3.05) is 6.54 Å². The van der Waals surface area contributed by atoms with Gasteiger partial charge in [-0.05, 0) is 45.7 Å². The van der Waals surface area contributed by atoms with E-state index in [1.807, 2.05) is 45.0 Å². The summed E-state index contributed by atoms with van der Waals surface area (Å²) in [5, 5.41) is 13.7. The van der Waals surface area contributed by atoms with Crippen LogP contribution in [0.2, 0.25) is 0 Å². The molecule has 0 bridgehead atoms. The molecule has 1 aliphatic heterocycles. The summed E-state index contributed by atoms with van der Waals surface area (Å²) in [6, 6.07) is 7.50. The van der Waals surface area contributed by atoms with E-state index in [4.69, 9.17) is 9.15 Å². The monoisotopic (exact) mass is 364 g/mol. The maximum atomic E-state index is 11.6. The fraction of sp³-hybridized carbons (Fsp3) is 0.556. The van der Waals surface area contributed by atoms with Gasteiger partial charge in [0.05, 0.1) is 5.25 Å². The van der Waals surface area contributed by atoms with Gasteiger partial charge < -0.3 is 19.6 Å². The molecule has 3 unspecified atom stereocenters. The molecule has 1 aromatic carbocycles. The van der Waals surface area contributed by atoms with E-state index in [-0.39, 0.29) is 11.3 Å². The molecule has 1 amide bonds. The predicted molar refractivity (Wildman–Crippen MR) is 97.6 cm³/mol. The van der Waals surface area contributed by atoms with Crippen molar-refractivity contribution in [1.82, 2.24) is 10.3 Å². The van der Waals surface area contributed by atoms with E-state index in [1.54, 1.807) is 11.8 Å². The molecule has 1 saturated heterocycles. The molecule has 7 heteroatoms. The van der Waals surface area contributed by atoms with Crippen molar-refractivity contribution < 1.29 is 19.1 Å². The molecule has 1 fully saturated rings. The van der Waals surface area contributed by atoms with Crippen LogP contribution in [-0.4, -0.2) is 38.8 Å². The summed E-state index contributed by atoms with van der Waals surface area (Å²) < 4.78 is 10.8. The molecule has 25 heavy (non-hydrogen) atoms. The lowest BCUT2D eigenvalue weighted by atomic mass is 10.1. The van der Waals surface area contributed by atoms with E-state index in [1.165, 1.54) is 0 Å². The highest BCUT2D eigenvalue weighted by Crippen LogP contribution is 2.51. The number of aromatic nitrogens is 1. The smallest absolute Gasteiger partial charge is 0.407 e. The molecule has 0 radical (unpaired) electrons. The summed E-state index contributed by atoms with van der Waals surface area (Å²) in [5.74, 6) is 0.382. The van der Waals surface area contributed by atoms with Gasteiger partial charge in [0.25, 0.3) is 0 Å². The number of carbonyl (C=O) groups is 1. The number of oxazole rings is 1. The van der Waals surface area contributed by atoms with Gasteiger partial charge in [0, 0.05) is 11.8 Å². The van der Waals surface area contributed by atoms with Crippen LogP contribution in [0.3, 0.4) is 0 Å². The molecule has 1 aromatic heterocycles. The highest BCUT2D eigenvalue weighted by Gasteiger charge is 2.45. The lowest BCUT2D eigenvalue weighted by molar-refractivity contribution is 0.0527. The molecule has 3 rings (SSSR count). The second-order valence-corrected chi connectivity index (χ2v) is 8.60. The minimum absolute atomic E-state index is 0.106. The van der Waals surface area contributed by atoms with Gasteiger partial charge in [-0.1, -0.05) is 12.1 Å². The first kappa shape index (κ1) is 18.1. The lowest BCUT2D eigenvalue weighted by Crippen LogP contribution is -2.33. The van der Waals surface area contributed by atoms with Gasteiger partial charge in [0.1, 0.15) is 17.2 Å². The summed E-state index contributed by atoms with van der Waals surface area (Å²) >= 11 is 1.72. The average Bonchev–Trinajstić information content (AvgIpc) is 3.17. The van der Waals surface area contributed by atoms with Crippen molar-refractivity contribution in [3.8, 4) is 0 Å². The quantitative estimate of drug-likeness (QED) is 0.601. The molecule has 2 heterocycles. The number of hydrogen-bond acceptors (Lipinski definition) is 6. The number of rotatable bonds is 6. The van der Waals surface area contributed by atoms with E-state index in [0.29, 0.717) is 23.3 Å². The maximum Gasteiger partial charge on any atom is 0.407 e. The molecule has 0 spiro atoms. The van der Waals surface area contributed by atoms with Crippen molar-refractivity contribution in [1.29, 1.82) is 0 Å². The summed E-state index contributed by atoms with van der Waals surface area (Å²) in [6.45, 7) is 6.08. The number of benzene rings is 1. The minimum Gasteiger partial charge on any atom is -0.444 e. The second-order valence-electron chi connectivity index (χ2n) is 7.17. The lowest BCUT2D eigenvalue weighted by Gasteiger charge is -2.19. The Kier molecular flexibility index (Phi) is 5.24. The Morgan fingerprint density at radius 1 is 1.44 bits per heavy atom.